The van der Waals surface area contributed by atoms with Crippen LogP contribution in [0.1, 0.15) is 85.3 Å². The van der Waals surface area contributed by atoms with Gasteiger partial charge in [-0.3, -0.25) is 9.59 Å². The molecule has 4 aromatic carbocycles. The molecule has 1 aliphatic heterocycles. The van der Waals surface area contributed by atoms with Gasteiger partial charge in [-0.05, 0) is 71.5 Å². The van der Waals surface area contributed by atoms with E-state index in [1.807, 2.05) is 78.7 Å². The monoisotopic (exact) mass is 709 g/mol. The molecule has 4 aromatic rings. The first-order valence-corrected chi connectivity index (χ1v) is 18.0. The number of hydrogen-bond acceptors (Lipinski definition) is 8. The number of unbranched alkanes of at least 4 members (excludes halogenated alkanes) is 2. The van der Waals surface area contributed by atoms with Gasteiger partial charge in [0.15, 0.2) is 6.29 Å². The second-order valence-electron chi connectivity index (χ2n) is 13.6. The van der Waals surface area contributed by atoms with Crippen LogP contribution in [-0.2, 0) is 32.2 Å². The van der Waals surface area contributed by atoms with E-state index in [0.717, 1.165) is 52.6 Å². The van der Waals surface area contributed by atoms with Gasteiger partial charge >= 0.3 is 0 Å². The van der Waals surface area contributed by atoms with Crippen molar-refractivity contribution >= 4 is 11.8 Å². The summed E-state index contributed by atoms with van der Waals surface area (Å²) >= 11 is 0. The van der Waals surface area contributed by atoms with Crippen molar-refractivity contribution in [3.63, 3.8) is 0 Å². The molecule has 0 spiro atoms. The number of aliphatic hydroxyl groups is 2. The molecule has 0 radical (unpaired) electrons. The average Bonchev–Trinajstić information content (AvgIpc) is 3.15. The number of hydrogen-bond donors (Lipinski definition) is 5. The Morgan fingerprint density at radius 1 is 0.846 bits per heavy atom. The lowest BCUT2D eigenvalue weighted by Crippen LogP contribution is -2.39. The predicted octanol–water partition coefficient (Wildman–Crippen LogP) is 6.08. The number of aliphatic hydroxyl groups excluding tert-OH is 2. The Kier molecular flexibility index (Phi) is 14.4. The van der Waals surface area contributed by atoms with Gasteiger partial charge in [0, 0.05) is 51.5 Å². The number of carbonyl (C=O) groups is 2. The van der Waals surface area contributed by atoms with E-state index in [2.05, 4.69) is 16.7 Å². The third-order valence-corrected chi connectivity index (χ3v) is 9.26. The Bertz CT molecular complexity index is 1730. The van der Waals surface area contributed by atoms with E-state index in [0.29, 0.717) is 44.6 Å². The highest BCUT2D eigenvalue weighted by molar-refractivity contribution is 5.76. The molecule has 0 bridgehead atoms. The Labute approximate surface area is 306 Å². The van der Waals surface area contributed by atoms with E-state index < -0.39 is 12.4 Å². The number of nitrogens with one attached hydrogen (secondary N) is 2. The van der Waals surface area contributed by atoms with Crippen LogP contribution in [0.4, 0.5) is 0 Å². The number of benzene rings is 4. The van der Waals surface area contributed by atoms with Crippen LogP contribution in [0.15, 0.2) is 97.1 Å². The van der Waals surface area contributed by atoms with Crippen LogP contribution in [0, 0.1) is 0 Å². The quantitative estimate of drug-likeness (QED) is 0.0833. The number of rotatable bonds is 17. The number of likely N-dealkylation sites (N-methyl/N-ethyl adjacent to an activating group) is 1. The molecule has 4 atom stereocenters. The fourth-order valence-corrected chi connectivity index (χ4v) is 6.42. The standard InChI is InChI=1S/C42H51N3O7/c1-29(47)43-21-5-3-4-12-41(50)44-25-31-8-6-9-35(22-31)32-17-19-34(20-18-32)42-51-38(24-40(52-42)33-15-13-30(28-46)14-16-33)26-45(2)27-39(49)36-10-7-11-37(48)23-36/h6-11,13-20,22-23,38-40,42,46,48-49H,3-5,12,21,24-28H2,1-2H3,(H,43,47)(H,44,50). The lowest BCUT2D eigenvalue weighted by Gasteiger charge is -2.38. The summed E-state index contributed by atoms with van der Waals surface area (Å²) in [6.45, 7) is 3.48. The van der Waals surface area contributed by atoms with Crippen molar-refractivity contribution in [3.05, 3.63) is 125 Å². The third kappa shape index (κ3) is 11.7. The van der Waals surface area contributed by atoms with Crippen molar-refractivity contribution in [1.82, 2.24) is 15.5 Å². The molecule has 1 saturated heterocycles. The fourth-order valence-electron chi connectivity index (χ4n) is 6.42. The summed E-state index contributed by atoms with van der Waals surface area (Å²) in [5, 5.41) is 36.1. The van der Waals surface area contributed by atoms with E-state index in [1.54, 1.807) is 24.3 Å². The van der Waals surface area contributed by atoms with E-state index in [1.165, 1.54) is 6.92 Å². The highest BCUT2D eigenvalue weighted by Gasteiger charge is 2.33. The van der Waals surface area contributed by atoms with Gasteiger partial charge in [0.2, 0.25) is 11.8 Å². The number of ether oxygens (including phenoxy) is 2. The first kappa shape index (κ1) is 38.6. The minimum Gasteiger partial charge on any atom is -0.508 e. The summed E-state index contributed by atoms with van der Waals surface area (Å²) in [6.07, 6.45) is 1.77. The highest BCUT2D eigenvalue weighted by Crippen LogP contribution is 2.39. The number of nitrogens with zero attached hydrogens (tertiary/aromatic N) is 1. The van der Waals surface area contributed by atoms with Crippen molar-refractivity contribution in [3.8, 4) is 16.9 Å². The molecular weight excluding hydrogens is 658 g/mol. The van der Waals surface area contributed by atoms with Crippen LogP contribution in [0.5, 0.6) is 5.75 Å². The van der Waals surface area contributed by atoms with Gasteiger partial charge in [-0.25, -0.2) is 0 Å². The molecule has 0 aliphatic carbocycles. The molecule has 1 aliphatic rings. The van der Waals surface area contributed by atoms with E-state index in [4.69, 9.17) is 9.47 Å². The van der Waals surface area contributed by atoms with Gasteiger partial charge in [-0.1, -0.05) is 85.3 Å². The lowest BCUT2D eigenvalue weighted by molar-refractivity contribution is -0.252. The molecule has 0 saturated carbocycles. The number of carbonyl (C=O) groups excluding carboxylic acids is 2. The predicted molar refractivity (Wildman–Crippen MR) is 200 cm³/mol. The van der Waals surface area contributed by atoms with Gasteiger partial charge in [0.1, 0.15) is 5.75 Å². The van der Waals surface area contributed by atoms with Gasteiger partial charge < -0.3 is 40.3 Å². The van der Waals surface area contributed by atoms with Crippen LogP contribution >= 0.6 is 0 Å². The summed E-state index contributed by atoms with van der Waals surface area (Å²) in [5.74, 6) is 0.0996. The Morgan fingerprint density at radius 3 is 2.33 bits per heavy atom. The molecular formula is C42H51N3O7. The molecule has 10 nitrogen and oxygen atoms in total. The number of phenolic OH excluding ortho intramolecular Hbond substituents is 1. The summed E-state index contributed by atoms with van der Waals surface area (Å²) in [6, 6.07) is 30.7. The van der Waals surface area contributed by atoms with E-state index in [-0.39, 0.29) is 36.4 Å². The van der Waals surface area contributed by atoms with Crippen molar-refractivity contribution < 1.29 is 34.4 Å². The first-order chi connectivity index (χ1) is 25.2. The van der Waals surface area contributed by atoms with Crippen LogP contribution in [-0.4, -0.2) is 64.8 Å². The zero-order valence-corrected chi connectivity index (χ0v) is 30.0. The van der Waals surface area contributed by atoms with Gasteiger partial charge in [0.05, 0.1) is 24.9 Å². The molecule has 5 rings (SSSR count). The van der Waals surface area contributed by atoms with Gasteiger partial charge in [0.25, 0.3) is 0 Å². The third-order valence-electron chi connectivity index (χ3n) is 9.26. The second kappa shape index (κ2) is 19.3. The smallest absolute Gasteiger partial charge is 0.220 e. The normalized spacial score (nSPS) is 17.8. The summed E-state index contributed by atoms with van der Waals surface area (Å²) < 4.78 is 13.1. The molecule has 52 heavy (non-hydrogen) atoms. The molecule has 10 heteroatoms. The van der Waals surface area contributed by atoms with Gasteiger partial charge in [-0.15, -0.1) is 0 Å². The van der Waals surface area contributed by atoms with E-state index in [9.17, 15) is 24.9 Å². The Hall–Kier alpha value is -4.58. The number of amides is 2. The van der Waals surface area contributed by atoms with Crippen LogP contribution in [0.25, 0.3) is 11.1 Å². The van der Waals surface area contributed by atoms with E-state index >= 15 is 0 Å². The lowest BCUT2D eigenvalue weighted by atomic mass is 9.98. The summed E-state index contributed by atoms with van der Waals surface area (Å²) in [5.41, 5.74) is 6.44. The average molecular weight is 710 g/mol. The summed E-state index contributed by atoms with van der Waals surface area (Å²) in [7, 11) is 1.94. The molecule has 276 valence electrons. The fraction of sp³-hybridized carbons (Fsp3) is 0.381. The molecule has 1 heterocycles. The van der Waals surface area contributed by atoms with Crippen LogP contribution in [0.2, 0.25) is 0 Å². The molecule has 5 N–H and O–H groups in total. The minimum absolute atomic E-state index is 0.0153. The van der Waals surface area contributed by atoms with Crippen LogP contribution < -0.4 is 10.6 Å². The Morgan fingerprint density at radius 2 is 1.60 bits per heavy atom. The molecule has 4 unspecified atom stereocenters. The largest absolute Gasteiger partial charge is 0.508 e. The highest BCUT2D eigenvalue weighted by atomic mass is 16.7. The SMILES string of the molecule is CC(=O)NCCCCCC(=O)NCc1cccc(-c2ccc(C3OC(CN(C)CC(O)c4cccc(O)c4)CC(c4ccc(CO)cc4)O3)cc2)c1. The van der Waals surface area contributed by atoms with Crippen LogP contribution in [0.3, 0.4) is 0 Å². The second-order valence-corrected chi connectivity index (χ2v) is 13.6. The maximum absolute atomic E-state index is 12.4. The first-order valence-electron chi connectivity index (χ1n) is 18.0. The minimum atomic E-state index is -0.769. The van der Waals surface area contributed by atoms with Crippen molar-refractivity contribution in [1.29, 1.82) is 0 Å². The summed E-state index contributed by atoms with van der Waals surface area (Å²) in [4.78, 5) is 25.4. The van der Waals surface area contributed by atoms with Gasteiger partial charge in [-0.2, -0.15) is 0 Å². The molecule has 0 aromatic heterocycles. The zero-order chi connectivity index (χ0) is 36.9. The van der Waals surface area contributed by atoms with Crippen molar-refractivity contribution in [2.75, 3.05) is 26.7 Å². The maximum Gasteiger partial charge on any atom is 0.220 e. The molecule has 1 fully saturated rings. The number of phenols is 1. The van der Waals surface area contributed by atoms with Crippen molar-refractivity contribution in [2.45, 2.75) is 76.8 Å². The Balaban J connectivity index is 1.21. The molecule has 2 amide bonds. The topological polar surface area (TPSA) is 141 Å². The maximum atomic E-state index is 12.4. The van der Waals surface area contributed by atoms with Crippen molar-refractivity contribution in [2.24, 2.45) is 0 Å². The zero-order valence-electron chi connectivity index (χ0n) is 30.0. The number of aromatic hydroxyl groups is 1.